The van der Waals surface area contributed by atoms with Crippen molar-refractivity contribution in [2.75, 3.05) is 11.6 Å². The summed E-state index contributed by atoms with van der Waals surface area (Å²) in [7, 11) is -3.47. The van der Waals surface area contributed by atoms with E-state index in [1.807, 2.05) is 19.9 Å². The summed E-state index contributed by atoms with van der Waals surface area (Å²) in [6.07, 6.45) is -4.48. The minimum absolute atomic E-state index is 0.0273. The monoisotopic (exact) mass is 641 g/mol. The summed E-state index contributed by atoms with van der Waals surface area (Å²) in [6, 6.07) is 19.8. The molecule has 3 aromatic heterocycles. The lowest BCUT2D eigenvalue weighted by molar-refractivity contribution is -0.199. The number of ether oxygens (including phenoxy) is 1. The van der Waals surface area contributed by atoms with Crippen LogP contribution in [0.1, 0.15) is 30.3 Å². The van der Waals surface area contributed by atoms with Gasteiger partial charge in [0.25, 0.3) is 10.0 Å². The Hall–Kier alpha value is -4.49. The lowest BCUT2D eigenvalue weighted by atomic mass is 9.97. The third-order valence-electron chi connectivity index (χ3n) is 6.60. The second-order valence-electron chi connectivity index (χ2n) is 10.0. The fourth-order valence-electron chi connectivity index (χ4n) is 4.59. The maximum Gasteiger partial charge on any atom is 0.493 e. The number of hydrogen-bond donors (Lipinski definition) is 0. The van der Waals surface area contributed by atoms with Crippen molar-refractivity contribution in [1.29, 1.82) is 0 Å². The van der Waals surface area contributed by atoms with Crippen LogP contribution in [-0.2, 0) is 19.7 Å². The first-order valence-corrected chi connectivity index (χ1v) is 15.5. The van der Waals surface area contributed by atoms with E-state index in [-0.39, 0.29) is 21.5 Å². The quantitative estimate of drug-likeness (QED) is 0.160. The van der Waals surface area contributed by atoms with Crippen molar-refractivity contribution in [2.24, 2.45) is 0 Å². The predicted molar refractivity (Wildman–Crippen MR) is 162 cm³/mol. The first-order chi connectivity index (χ1) is 20.8. The molecule has 0 fully saturated rings. The van der Waals surface area contributed by atoms with Crippen LogP contribution < -0.4 is 9.21 Å². The van der Waals surface area contributed by atoms with Crippen molar-refractivity contribution in [3.63, 3.8) is 0 Å². The number of aryl methyl sites for hydroxylation is 1. The number of methoxy groups -OCH3 is 1. The highest BCUT2D eigenvalue weighted by Gasteiger charge is 2.45. The highest BCUT2D eigenvalue weighted by molar-refractivity contribution is 7.92. The molecule has 0 saturated heterocycles. The average Bonchev–Trinajstić information content (AvgIpc) is 3.39. The van der Waals surface area contributed by atoms with E-state index < -0.39 is 27.1 Å². The molecule has 5 aromatic rings. The van der Waals surface area contributed by atoms with Crippen LogP contribution in [0.5, 0.6) is 5.75 Å². The molecule has 228 valence electrons. The molecular weight excluding hydrogens is 615 g/mol. The van der Waals surface area contributed by atoms with Crippen molar-refractivity contribution in [3.8, 4) is 28.1 Å². The molecule has 0 spiro atoms. The summed E-state index contributed by atoms with van der Waals surface area (Å²) < 4.78 is 74.3. The van der Waals surface area contributed by atoms with Gasteiger partial charge in [0.05, 0.1) is 12.8 Å². The van der Waals surface area contributed by atoms with Gasteiger partial charge in [0.2, 0.25) is 0 Å². The van der Waals surface area contributed by atoms with Crippen molar-refractivity contribution >= 4 is 43.2 Å². The molecule has 0 amide bonds. The minimum atomic E-state index is -5.49. The van der Waals surface area contributed by atoms with Crippen LogP contribution in [0, 0.1) is 6.92 Å². The SMILES string of the molecule is COc1cccc(-c2c(C(C)C)sc3nc(C)cc(N(OC(=O)C(F)(F)F)S(=O)(=O)c4ccc(-c5ccccc5)nc4)c23)c1. The summed E-state index contributed by atoms with van der Waals surface area (Å²) in [5.41, 5.74) is 2.26. The molecule has 5 rings (SSSR count). The van der Waals surface area contributed by atoms with E-state index in [2.05, 4.69) is 9.97 Å². The van der Waals surface area contributed by atoms with E-state index in [0.29, 0.717) is 38.7 Å². The van der Waals surface area contributed by atoms with E-state index in [1.165, 1.54) is 36.6 Å². The molecule has 3 heterocycles. The predicted octanol–water partition coefficient (Wildman–Crippen LogP) is 7.68. The topological polar surface area (TPSA) is 98.7 Å². The Morgan fingerprint density at radius 2 is 1.68 bits per heavy atom. The van der Waals surface area contributed by atoms with Crippen LogP contribution in [0.3, 0.4) is 0 Å². The third-order valence-corrected chi connectivity index (χ3v) is 9.52. The molecule has 13 heteroatoms. The van der Waals surface area contributed by atoms with Gasteiger partial charge in [-0.15, -0.1) is 11.3 Å². The van der Waals surface area contributed by atoms with Crippen LogP contribution >= 0.6 is 11.3 Å². The number of halogens is 3. The molecule has 0 aliphatic rings. The van der Waals surface area contributed by atoms with E-state index in [9.17, 15) is 26.4 Å². The number of sulfonamides is 1. The van der Waals surface area contributed by atoms with Gasteiger partial charge in [-0.2, -0.15) is 21.6 Å². The molecule has 0 aliphatic carbocycles. The molecule has 0 atom stereocenters. The molecule has 0 saturated carbocycles. The summed E-state index contributed by atoms with van der Waals surface area (Å²) in [4.78, 5) is 26.4. The standard InChI is InChI=1S/C31H26F3N3O5S2/c1-18(2)28-26(21-11-8-12-22(16-21)41-4)27-25(15-19(3)36-29(27)43-28)37(42-30(38)31(32,33)34)44(39,40)23-13-14-24(35-17-23)20-9-6-5-7-10-20/h5-18H,1-4H3. The Kier molecular flexibility index (Phi) is 8.36. The van der Waals surface area contributed by atoms with Crippen molar-refractivity contribution in [2.45, 2.75) is 37.8 Å². The largest absolute Gasteiger partial charge is 0.497 e. The second-order valence-corrected chi connectivity index (χ2v) is 12.8. The Balaban J connectivity index is 1.77. The van der Waals surface area contributed by atoms with Crippen LogP contribution in [0.15, 0.2) is 83.9 Å². The highest BCUT2D eigenvalue weighted by Crippen LogP contribution is 2.47. The van der Waals surface area contributed by atoms with Gasteiger partial charge < -0.3 is 9.57 Å². The zero-order chi connectivity index (χ0) is 31.8. The maximum atomic E-state index is 14.1. The first-order valence-electron chi connectivity index (χ1n) is 13.3. The lowest BCUT2D eigenvalue weighted by Crippen LogP contribution is -2.39. The molecule has 0 N–H and O–H groups in total. The van der Waals surface area contributed by atoms with Crippen LogP contribution in [-0.4, -0.2) is 37.6 Å². The van der Waals surface area contributed by atoms with Crippen molar-refractivity contribution < 1.29 is 36.0 Å². The van der Waals surface area contributed by atoms with Crippen molar-refractivity contribution in [1.82, 2.24) is 9.97 Å². The fourth-order valence-corrected chi connectivity index (χ4v) is 7.04. The van der Waals surface area contributed by atoms with E-state index >= 15 is 0 Å². The first kappa shape index (κ1) is 31.0. The number of benzene rings is 2. The van der Waals surface area contributed by atoms with E-state index in [0.717, 1.165) is 11.1 Å². The molecule has 0 bridgehead atoms. The highest BCUT2D eigenvalue weighted by atomic mass is 32.2. The number of thiophene rings is 1. The number of carbonyl (C=O) groups is 1. The number of nitrogens with zero attached hydrogens (tertiary/aromatic N) is 3. The number of rotatable bonds is 8. The Morgan fingerprint density at radius 1 is 0.977 bits per heavy atom. The second kappa shape index (κ2) is 11.9. The number of fused-ring (bicyclic) bond motifs is 1. The Morgan fingerprint density at radius 3 is 2.30 bits per heavy atom. The number of hydrogen-bond acceptors (Lipinski definition) is 8. The summed E-state index contributed by atoms with van der Waals surface area (Å²) in [5.74, 6) is -2.28. The fraction of sp³-hybridized carbons (Fsp3) is 0.194. The number of carbonyl (C=O) groups excluding carboxylic acids is 1. The Labute approximate surface area is 255 Å². The third kappa shape index (κ3) is 5.97. The zero-order valence-electron chi connectivity index (χ0n) is 23.9. The maximum absolute atomic E-state index is 14.1. The number of pyridine rings is 2. The van der Waals surface area contributed by atoms with Crippen LogP contribution in [0.4, 0.5) is 18.9 Å². The molecule has 0 unspecified atom stereocenters. The summed E-state index contributed by atoms with van der Waals surface area (Å²) in [5, 5.41) is 0.199. The van der Waals surface area contributed by atoms with Gasteiger partial charge in [-0.05, 0) is 48.7 Å². The summed E-state index contributed by atoms with van der Waals surface area (Å²) in [6.45, 7) is 5.42. The number of alkyl halides is 3. The van der Waals surface area contributed by atoms with Crippen LogP contribution in [0.2, 0.25) is 0 Å². The average molecular weight is 642 g/mol. The lowest BCUT2D eigenvalue weighted by Gasteiger charge is -2.24. The van der Waals surface area contributed by atoms with Gasteiger partial charge in [0, 0.05) is 33.3 Å². The Bertz CT molecular complexity index is 1940. The molecule has 0 aliphatic heterocycles. The zero-order valence-corrected chi connectivity index (χ0v) is 25.5. The van der Waals surface area contributed by atoms with Gasteiger partial charge >= 0.3 is 12.1 Å². The van der Waals surface area contributed by atoms with Gasteiger partial charge in [0.1, 0.15) is 21.2 Å². The molecule has 0 radical (unpaired) electrons. The molecule has 44 heavy (non-hydrogen) atoms. The summed E-state index contributed by atoms with van der Waals surface area (Å²) >= 11 is 1.27. The van der Waals surface area contributed by atoms with Crippen LogP contribution in [0.25, 0.3) is 32.6 Å². The minimum Gasteiger partial charge on any atom is -0.497 e. The molecular formula is C31H26F3N3O5S2. The normalized spacial score (nSPS) is 12.0. The van der Waals surface area contributed by atoms with Gasteiger partial charge in [-0.3, -0.25) is 4.98 Å². The molecule has 2 aromatic carbocycles. The van der Waals surface area contributed by atoms with E-state index in [1.54, 1.807) is 55.5 Å². The molecule has 8 nitrogen and oxygen atoms in total. The van der Waals surface area contributed by atoms with Gasteiger partial charge in [-0.1, -0.05) is 60.8 Å². The van der Waals surface area contributed by atoms with Gasteiger partial charge in [-0.25, -0.2) is 9.78 Å². The van der Waals surface area contributed by atoms with Crippen molar-refractivity contribution in [3.05, 3.63) is 89.6 Å². The van der Waals surface area contributed by atoms with E-state index in [4.69, 9.17) is 9.57 Å². The number of aromatic nitrogens is 2. The smallest absolute Gasteiger partial charge is 0.493 e. The van der Waals surface area contributed by atoms with Gasteiger partial charge in [0.15, 0.2) is 0 Å². The number of anilines is 1.